The number of nitrogens with one attached hydrogen (secondary N) is 1. The van der Waals surface area contributed by atoms with Crippen molar-refractivity contribution in [1.82, 2.24) is 9.88 Å². The Labute approximate surface area is 105 Å². The molecule has 2 N–H and O–H groups in total. The van der Waals surface area contributed by atoms with Gasteiger partial charge in [-0.2, -0.15) is 0 Å². The molecule has 0 fully saturated rings. The molecule has 0 aliphatic heterocycles. The lowest BCUT2D eigenvalue weighted by Gasteiger charge is -2.21. The summed E-state index contributed by atoms with van der Waals surface area (Å²) in [6, 6.07) is 2.65. The Hall–Kier alpha value is -1.89. The van der Waals surface area contributed by atoms with E-state index in [9.17, 15) is 20.0 Å². The van der Waals surface area contributed by atoms with E-state index in [-0.39, 0.29) is 18.1 Å². The molecule has 18 heavy (non-hydrogen) atoms. The molecular formula is C11H17N3O4. The first-order chi connectivity index (χ1) is 8.28. The highest BCUT2D eigenvalue weighted by Gasteiger charge is 2.23. The number of aromatic nitrogens is 1. The molecular weight excluding hydrogens is 238 g/mol. The van der Waals surface area contributed by atoms with Gasteiger partial charge in [0.1, 0.15) is 0 Å². The van der Waals surface area contributed by atoms with E-state index in [0.29, 0.717) is 6.42 Å². The van der Waals surface area contributed by atoms with Crippen LogP contribution in [-0.4, -0.2) is 32.6 Å². The standard InChI is InChI=1S/C11H17N3O4/c1-4-11(2,16)7-12-10(15)8-5-6-9(13(8)3)14(17)18/h5-6,16H,4,7H2,1-3H3,(H,12,15). The number of nitrogens with zero attached hydrogens (tertiary/aromatic N) is 2. The molecule has 0 saturated carbocycles. The first kappa shape index (κ1) is 14.2. The SMILES string of the molecule is CCC(C)(O)CNC(=O)c1ccc([N+](=O)[O-])n1C. The summed E-state index contributed by atoms with van der Waals surface area (Å²) in [5.41, 5.74) is -0.791. The van der Waals surface area contributed by atoms with Gasteiger partial charge in [-0.05, 0) is 24.3 Å². The predicted octanol–water partition coefficient (Wildman–Crippen LogP) is 0.824. The molecule has 1 aromatic heterocycles. The van der Waals surface area contributed by atoms with Crippen LogP contribution in [0, 0.1) is 10.1 Å². The van der Waals surface area contributed by atoms with Crippen LogP contribution in [0.4, 0.5) is 5.82 Å². The number of carbonyl (C=O) groups excluding carboxylic acids is 1. The summed E-state index contributed by atoms with van der Waals surface area (Å²) < 4.78 is 1.20. The van der Waals surface area contributed by atoms with Crippen LogP contribution in [0.5, 0.6) is 0 Å². The monoisotopic (exact) mass is 255 g/mol. The van der Waals surface area contributed by atoms with E-state index in [1.54, 1.807) is 13.8 Å². The minimum atomic E-state index is -0.979. The minimum Gasteiger partial charge on any atom is -0.388 e. The van der Waals surface area contributed by atoms with E-state index in [4.69, 9.17) is 0 Å². The number of aliphatic hydroxyl groups is 1. The zero-order valence-electron chi connectivity index (χ0n) is 10.6. The molecule has 7 nitrogen and oxygen atoms in total. The average Bonchev–Trinajstić information content (AvgIpc) is 2.68. The molecule has 100 valence electrons. The van der Waals surface area contributed by atoms with Crippen molar-refractivity contribution in [3.8, 4) is 0 Å². The Morgan fingerprint density at radius 2 is 2.22 bits per heavy atom. The second-order valence-electron chi connectivity index (χ2n) is 4.43. The van der Waals surface area contributed by atoms with Crippen LogP contribution in [0.25, 0.3) is 0 Å². The summed E-state index contributed by atoms with van der Waals surface area (Å²) in [7, 11) is 1.45. The van der Waals surface area contributed by atoms with Crippen LogP contribution < -0.4 is 5.32 Å². The van der Waals surface area contributed by atoms with E-state index in [0.717, 1.165) is 0 Å². The van der Waals surface area contributed by atoms with Crippen LogP contribution >= 0.6 is 0 Å². The summed E-state index contributed by atoms with van der Waals surface area (Å²) in [5, 5.41) is 22.9. The van der Waals surface area contributed by atoms with Crippen molar-refractivity contribution in [3.05, 3.63) is 27.9 Å². The molecule has 1 amide bonds. The van der Waals surface area contributed by atoms with E-state index in [1.165, 1.54) is 23.7 Å². The summed E-state index contributed by atoms with van der Waals surface area (Å²) in [4.78, 5) is 21.9. The summed E-state index contributed by atoms with van der Waals surface area (Å²) in [6.07, 6.45) is 0.501. The Balaban J connectivity index is 2.77. The highest BCUT2D eigenvalue weighted by Crippen LogP contribution is 2.15. The number of carbonyl (C=O) groups is 1. The van der Waals surface area contributed by atoms with Crippen molar-refractivity contribution in [3.63, 3.8) is 0 Å². The maximum atomic E-state index is 11.8. The smallest absolute Gasteiger partial charge is 0.323 e. The molecule has 1 rings (SSSR count). The van der Waals surface area contributed by atoms with Gasteiger partial charge in [-0.3, -0.25) is 4.79 Å². The molecule has 1 heterocycles. The largest absolute Gasteiger partial charge is 0.388 e. The van der Waals surface area contributed by atoms with E-state index >= 15 is 0 Å². The zero-order chi connectivity index (χ0) is 13.9. The molecule has 0 radical (unpaired) electrons. The summed E-state index contributed by atoms with van der Waals surface area (Å²) in [5.74, 6) is -0.596. The van der Waals surface area contributed by atoms with Gasteiger partial charge in [-0.15, -0.1) is 0 Å². The second kappa shape index (κ2) is 5.18. The average molecular weight is 255 g/mol. The van der Waals surface area contributed by atoms with E-state index in [2.05, 4.69) is 5.32 Å². The van der Waals surface area contributed by atoms with Gasteiger partial charge < -0.3 is 20.5 Å². The Morgan fingerprint density at radius 1 is 1.61 bits per heavy atom. The van der Waals surface area contributed by atoms with Gasteiger partial charge in [-0.25, -0.2) is 4.57 Å². The van der Waals surface area contributed by atoms with Crippen molar-refractivity contribution >= 4 is 11.7 Å². The van der Waals surface area contributed by atoms with Crippen LogP contribution in [-0.2, 0) is 7.05 Å². The second-order valence-corrected chi connectivity index (χ2v) is 4.43. The third kappa shape index (κ3) is 3.07. The Bertz CT molecular complexity index is 465. The van der Waals surface area contributed by atoms with Crippen LogP contribution in [0.15, 0.2) is 12.1 Å². The van der Waals surface area contributed by atoms with Crippen LogP contribution in [0.3, 0.4) is 0 Å². The molecule has 0 spiro atoms. The highest BCUT2D eigenvalue weighted by atomic mass is 16.6. The van der Waals surface area contributed by atoms with Gasteiger partial charge in [0, 0.05) is 12.6 Å². The first-order valence-corrected chi connectivity index (χ1v) is 5.59. The Kier molecular flexibility index (Phi) is 4.07. The lowest BCUT2D eigenvalue weighted by atomic mass is 10.0. The van der Waals surface area contributed by atoms with Crippen molar-refractivity contribution in [1.29, 1.82) is 0 Å². The van der Waals surface area contributed by atoms with Crippen LogP contribution in [0.2, 0.25) is 0 Å². The predicted molar refractivity (Wildman–Crippen MR) is 65.3 cm³/mol. The van der Waals surface area contributed by atoms with Crippen molar-refractivity contribution in [2.75, 3.05) is 6.54 Å². The molecule has 7 heteroatoms. The van der Waals surface area contributed by atoms with Gasteiger partial charge in [0.15, 0.2) is 5.69 Å². The van der Waals surface area contributed by atoms with Crippen molar-refractivity contribution < 1.29 is 14.8 Å². The lowest BCUT2D eigenvalue weighted by Crippen LogP contribution is -2.40. The molecule has 0 aliphatic carbocycles. The maximum Gasteiger partial charge on any atom is 0.323 e. The van der Waals surface area contributed by atoms with E-state index < -0.39 is 16.4 Å². The molecule has 0 aliphatic rings. The van der Waals surface area contributed by atoms with E-state index in [1.807, 2.05) is 0 Å². The summed E-state index contributed by atoms with van der Waals surface area (Å²) >= 11 is 0. The van der Waals surface area contributed by atoms with Gasteiger partial charge in [-0.1, -0.05) is 6.92 Å². The first-order valence-electron chi connectivity index (χ1n) is 5.59. The zero-order valence-corrected chi connectivity index (χ0v) is 10.6. The fourth-order valence-electron chi connectivity index (χ4n) is 1.40. The normalized spacial score (nSPS) is 14.0. The minimum absolute atomic E-state index is 0.0985. The molecule has 1 atom stereocenters. The number of nitro groups is 1. The number of amides is 1. The Morgan fingerprint density at radius 3 is 2.67 bits per heavy atom. The molecule has 1 unspecified atom stereocenters. The topological polar surface area (TPSA) is 97.4 Å². The fourth-order valence-corrected chi connectivity index (χ4v) is 1.40. The van der Waals surface area contributed by atoms with Crippen molar-refractivity contribution in [2.24, 2.45) is 7.05 Å². The lowest BCUT2D eigenvalue weighted by molar-refractivity contribution is -0.391. The van der Waals surface area contributed by atoms with Crippen molar-refractivity contribution in [2.45, 2.75) is 25.9 Å². The molecule has 0 saturated heterocycles. The maximum absolute atomic E-state index is 11.8. The molecule has 1 aromatic rings. The van der Waals surface area contributed by atoms with Gasteiger partial charge in [0.05, 0.1) is 12.6 Å². The fraction of sp³-hybridized carbons (Fsp3) is 0.545. The highest BCUT2D eigenvalue weighted by molar-refractivity contribution is 5.93. The number of rotatable bonds is 5. The number of hydrogen-bond donors (Lipinski definition) is 2. The van der Waals surface area contributed by atoms with Crippen LogP contribution in [0.1, 0.15) is 30.8 Å². The summed E-state index contributed by atoms with van der Waals surface area (Å²) in [6.45, 7) is 3.52. The quantitative estimate of drug-likeness (QED) is 0.601. The van der Waals surface area contributed by atoms with Gasteiger partial charge in [0.25, 0.3) is 5.91 Å². The van der Waals surface area contributed by atoms with Gasteiger partial charge >= 0.3 is 5.82 Å². The molecule has 0 aromatic carbocycles. The number of hydrogen-bond acceptors (Lipinski definition) is 4. The third-order valence-corrected chi connectivity index (χ3v) is 2.91. The molecule has 0 bridgehead atoms. The van der Waals surface area contributed by atoms with Gasteiger partial charge in [0.2, 0.25) is 0 Å². The third-order valence-electron chi connectivity index (χ3n) is 2.91.